The van der Waals surface area contributed by atoms with Gasteiger partial charge in [-0.25, -0.2) is 9.97 Å². The molecular formula is C10H16N4. The van der Waals surface area contributed by atoms with Crippen molar-refractivity contribution in [1.29, 1.82) is 0 Å². The van der Waals surface area contributed by atoms with E-state index in [1.165, 1.54) is 18.4 Å². The zero-order valence-corrected chi connectivity index (χ0v) is 8.24. The van der Waals surface area contributed by atoms with E-state index in [4.69, 9.17) is 11.5 Å². The van der Waals surface area contributed by atoms with E-state index in [-0.39, 0.29) is 0 Å². The predicted octanol–water partition coefficient (Wildman–Crippen LogP) is 0.828. The third-order valence-corrected chi connectivity index (χ3v) is 2.82. The van der Waals surface area contributed by atoms with Crippen LogP contribution in [-0.2, 0) is 6.42 Å². The van der Waals surface area contributed by atoms with E-state index in [9.17, 15) is 0 Å². The van der Waals surface area contributed by atoms with Crippen molar-refractivity contribution in [3.63, 3.8) is 0 Å². The highest BCUT2D eigenvalue weighted by Gasteiger charge is 2.21. The zero-order chi connectivity index (χ0) is 9.97. The maximum absolute atomic E-state index is 5.59. The van der Waals surface area contributed by atoms with Gasteiger partial charge in [0, 0.05) is 12.1 Å². The summed E-state index contributed by atoms with van der Waals surface area (Å²) in [5, 5.41) is 0. The van der Waals surface area contributed by atoms with Crippen LogP contribution in [-0.4, -0.2) is 16.5 Å². The lowest BCUT2D eigenvalue weighted by molar-refractivity contribution is 0.510. The topological polar surface area (TPSA) is 77.8 Å². The van der Waals surface area contributed by atoms with E-state index in [1.807, 2.05) is 6.20 Å². The van der Waals surface area contributed by atoms with Crippen molar-refractivity contribution >= 4 is 5.95 Å². The van der Waals surface area contributed by atoms with E-state index in [2.05, 4.69) is 9.97 Å². The van der Waals surface area contributed by atoms with E-state index >= 15 is 0 Å². The van der Waals surface area contributed by atoms with Gasteiger partial charge in [0.2, 0.25) is 5.95 Å². The van der Waals surface area contributed by atoms with Gasteiger partial charge < -0.3 is 11.5 Å². The van der Waals surface area contributed by atoms with Crippen LogP contribution in [0.4, 0.5) is 5.95 Å². The van der Waals surface area contributed by atoms with Crippen molar-refractivity contribution in [2.75, 3.05) is 12.3 Å². The Hall–Kier alpha value is -1.16. The average molecular weight is 192 g/mol. The molecule has 1 aromatic rings. The second-order valence-electron chi connectivity index (χ2n) is 3.81. The average Bonchev–Trinajstić information content (AvgIpc) is 2.19. The van der Waals surface area contributed by atoms with E-state index in [0.29, 0.717) is 18.4 Å². The Balaban J connectivity index is 2.32. The van der Waals surface area contributed by atoms with Crippen molar-refractivity contribution in [3.05, 3.63) is 17.5 Å². The summed E-state index contributed by atoms with van der Waals surface area (Å²) in [6.45, 7) is 0.716. The molecule has 76 valence electrons. The Morgan fingerprint density at radius 1 is 1.50 bits per heavy atom. The van der Waals surface area contributed by atoms with Crippen molar-refractivity contribution in [2.45, 2.75) is 31.6 Å². The SMILES string of the molecule is NCCC1CCCc2cnc(N)nc21. The van der Waals surface area contributed by atoms with Crippen molar-refractivity contribution < 1.29 is 0 Å². The third kappa shape index (κ3) is 1.70. The predicted molar refractivity (Wildman–Crippen MR) is 55.8 cm³/mol. The number of aryl methyl sites for hydroxylation is 1. The molecule has 0 saturated carbocycles. The smallest absolute Gasteiger partial charge is 0.220 e. The molecule has 1 aliphatic rings. The van der Waals surface area contributed by atoms with Crippen LogP contribution >= 0.6 is 0 Å². The lowest BCUT2D eigenvalue weighted by atomic mass is 9.85. The molecule has 0 aromatic carbocycles. The number of fused-ring (bicyclic) bond motifs is 1. The number of hydrogen-bond donors (Lipinski definition) is 2. The van der Waals surface area contributed by atoms with Crippen LogP contribution in [0.5, 0.6) is 0 Å². The summed E-state index contributed by atoms with van der Waals surface area (Å²) < 4.78 is 0. The van der Waals surface area contributed by atoms with Crippen LogP contribution in [0.3, 0.4) is 0 Å². The minimum atomic E-state index is 0.382. The Kier molecular flexibility index (Phi) is 2.63. The first kappa shape index (κ1) is 9.40. The van der Waals surface area contributed by atoms with Crippen molar-refractivity contribution in [2.24, 2.45) is 5.73 Å². The van der Waals surface area contributed by atoms with E-state index in [0.717, 1.165) is 18.5 Å². The van der Waals surface area contributed by atoms with Crippen LogP contribution in [0.2, 0.25) is 0 Å². The second kappa shape index (κ2) is 3.92. The van der Waals surface area contributed by atoms with Gasteiger partial charge in [0.05, 0.1) is 5.69 Å². The summed E-state index contributed by atoms with van der Waals surface area (Å²) in [4.78, 5) is 8.35. The molecule has 0 saturated heterocycles. The lowest BCUT2D eigenvalue weighted by Gasteiger charge is -2.23. The molecule has 1 atom stereocenters. The van der Waals surface area contributed by atoms with Gasteiger partial charge in [-0.1, -0.05) is 0 Å². The molecule has 2 rings (SSSR count). The number of rotatable bonds is 2. The minimum Gasteiger partial charge on any atom is -0.368 e. The molecule has 1 aliphatic carbocycles. The van der Waals surface area contributed by atoms with Crippen LogP contribution in [0.15, 0.2) is 6.20 Å². The summed E-state index contributed by atoms with van der Waals surface area (Å²) in [6.07, 6.45) is 6.34. The van der Waals surface area contributed by atoms with Gasteiger partial charge in [-0.05, 0) is 37.8 Å². The number of nitrogens with two attached hydrogens (primary N) is 2. The summed E-state index contributed by atoms with van der Waals surface area (Å²) in [6, 6.07) is 0. The van der Waals surface area contributed by atoms with E-state index in [1.54, 1.807) is 0 Å². The lowest BCUT2D eigenvalue weighted by Crippen LogP contribution is -2.17. The summed E-state index contributed by atoms with van der Waals surface area (Å²) >= 11 is 0. The zero-order valence-electron chi connectivity index (χ0n) is 8.24. The van der Waals surface area contributed by atoms with Gasteiger partial charge in [-0.3, -0.25) is 0 Å². The van der Waals surface area contributed by atoms with Crippen LogP contribution in [0.25, 0.3) is 0 Å². The monoisotopic (exact) mass is 192 g/mol. The molecule has 0 spiro atoms. The molecule has 4 heteroatoms. The molecular weight excluding hydrogens is 176 g/mol. The van der Waals surface area contributed by atoms with Gasteiger partial charge in [-0.2, -0.15) is 0 Å². The van der Waals surface area contributed by atoms with Gasteiger partial charge in [0.25, 0.3) is 0 Å². The van der Waals surface area contributed by atoms with Crippen molar-refractivity contribution in [1.82, 2.24) is 9.97 Å². The molecule has 0 bridgehead atoms. The molecule has 4 nitrogen and oxygen atoms in total. The molecule has 0 aliphatic heterocycles. The molecule has 4 N–H and O–H groups in total. The largest absolute Gasteiger partial charge is 0.368 e. The molecule has 0 radical (unpaired) electrons. The number of nitrogens with zero attached hydrogens (tertiary/aromatic N) is 2. The normalized spacial score (nSPS) is 20.5. The quantitative estimate of drug-likeness (QED) is 0.727. The fraction of sp³-hybridized carbons (Fsp3) is 0.600. The first-order valence-corrected chi connectivity index (χ1v) is 5.12. The van der Waals surface area contributed by atoms with E-state index < -0.39 is 0 Å². The highest BCUT2D eigenvalue weighted by molar-refractivity contribution is 5.29. The standard InChI is InChI=1S/C10H16N4/c11-5-4-7-2-1-3-8-6-13-10(12)14-9(7)8/h6-7H,1-5,11H2,(H2,12,13,14). The molecule has 1 unspecified atom stereocenters. The maximum Gasteiger partial charge on any atom is 0.220 e. The first-order chi connectivity index (χ1) is 6.81. The Bertz CT molecular complexity index is 324. The second-order valence-corrected chi connectivity index (χ2v) is 3.81. The van der Waals surface area contributed by atoms with Gasteiger partial charge in [0.1, 0.15) is 0 Å². The molecule has 0 amide bonds. The minimum absolute atomic E-state index is 0.382. The third-order valence-electron chi connectivity index (χ3n) is 2.82. The molecule has 1 aromatic heterocycles. The van der Waals surface area contributed by atoms with Gasteiger partial charge in [-0.15, -0.1) is 0 Å². The van der Waals surface area contributed by atoms with Gasteiger partial charge >= 0.3 is 0 Å². The van der Waals surface area contributed by atoms with Crippen LogP contribution in [0, 0.1) is 0 Å². The Labute approximate surface area is 83.7 Å². The number of aromatic nitrogens is 2. The maximum atomic E-state index is 5.59. The fourth-order valence-corrected chi connectivity index (χ4v) is 2.14. The number of nitrogen functional groups attached to an aromatic ring is 1. The Morgan fingerprint density at radius 3 is 3.14 bits per heavy atom. The molecule has 0 fully saturated rings. The summed E-state index contributed by atoms with van der Waals surface area (Å²) in [7, 11) is 0. The Morgan fingerprint density at radius 2 is 2.36 bits per heavy atom. The van der Waals surface area contributed by atoms with Gasteiger partial charge in [0.15, 0.2) is 0 Å². The number of hydrogen-bond acceptors (Lipinski definition) is 4. The number of anilines is 1. The summed E-state index contributed by atoms with van der Waals surface area (Å²) in [5.74, 6) is 0.877. The molecule has 1 heterocycles. The highest BCUT2D eigenvalue weighted by Crippen LogP contribution is 2.31. The fourth-order valence-electron chi connectivity index (χ4n) is 2.14. The first-order valence-electron chi connectivity index (χ1n) is 5.12. The van der Waals surface area contributed by atoms with Crippen LogP contribution < -0.4 is 11.5 Å². The molecule has 14 heavy (non-hydrogen) atoms. The van der Waals surface area contributed by atoms with Crippen molar-refractivity contribution in [3.8, 4) is 0 Å². The summed E-state index contributed by atoms with van der Waals surface area (Å²) in [5.41, 5.74) is 13.6. The van der Waals surface area contributed by atoms with Crippen LogP contribution in [0.1, 0.15) is 36.4 Å². The highest BCUT2D eigenvalue weighted by atomic mass is 15.0.